The maximum absolute atomic E-state index is 13.0. The summed E-state index contributed by atoms with van der Waals surface area (Å²) in [5, 5.41) is 12.3. The number of hydrogen-bond acceptors (Lipinski definition) is 8. The summed E-state index contributed by atoms with van der Waals surface area (Å²) < 4.78 is 18.5. The highest BCUT2D eigenvalue weighted by Gasteiger charge is 2.30. The number of likely N-dealkylation sites (tertiary alicyclic amines) is 1. The van der Waals surface area contributed by atoms with Gasteiger partial charge in [-0.2, -0.15) is 0 Å². The lowest BCUT2D eigenvalue weighted by molar-refractivity contribution is 0.0290. The molecule has 2 amide bonds. The van der Waals surface area contributed by atoms with Crippen molar-refractivity contribution in [3.8, 4) is 11.5 Å². The van der Waals surface area contributed by atoms with Gasteiger partial charge in [0.05, 0.1) is 18.2 Å². The summed E-state index contributed by atoms with van der Waals surface area (Å²) in [5.41, 5.74) is 1.24. The molecule has 0 bridgehead atoms. The van der Waals surface area contributed by atoms with E-state index >= 15 is 0 Å². The summed E-state index contributed by atoms with van der Waals surface area (Å²) in [6.45, 7) is 6.57. The minimum absolute atomic E-state index is 0.144. The lowest BCUT2D eigenvalue weighted by Gasteiger charge is -2.24. The molecule has 11 heteroatoms. The van der Waals surface area contributed by atoms with Crippen molar-refractivity contribution in [2.45, 2.75) is 45.4 Å². The Kier molecular flexibility index (Phi) is 6.75. The number of ether oxygens (including phenoxy) is 3. The predicted octanol–water partition coefficient (Wildman–Crippen LogP) is 3.60. The Labute approximate surface area is 219 Å². The fourth-order valence-corrected chi connectivity index (χ4v) is 4.31. The van der Waals surface area contributed by atoms with Gasteiger partial charge >= 0.3 is 6.09 Å². The Balaban J connectivity index is 1.26. The van der Waals surface area contributed by atoms with Gasteiger partial charge in [-0.05, 0) is 57.5 Å². The number of aromatic nitrogens is 4. The van der Waals surface area contributed by atoms with Crippen molar-refractivity contribution in [1.82, 2.24) is 29.8 Å². The minimum Gasteiger partial charge on any atom is -0.497 e. The van der Waals surface area contributed by atoms with Crippen LogP contribution in [0.5, 0.6) is 11.5 Å². The molecule has 11 nitrogen and oxygen atoms in total. The van der Waals surface area contributed by atoms with Crippen molar-refractivity contribution in [2.75, 3.05) is 20.2 Å². The third-order valence-electron chi connectivity index (χ3n) is 6.18. The first-order valence-electron chi connectivity index (χ1n) is 12.4. The number of carbonyl (C=O) groups is 2. The van der Waals surface area contributed by atoms with Crippen LogP contribution < -0.4 is 14.8 Å². The Bertz CT molecular complexity index is 1490. The van der Waals surface area contributed by atoms with E-state index in [1.165, 1.54) is 0 Å². The van der Waals surface area contributed by atoms with Crippen LogP contribution in [0.2, 0.25) is 0 Å². The number of carbonyl (C=O) groups excluding carboxylic acids is 2. The highest BCUT2D eigenvalue weighted by atomic mass is 16.6. The number of nitrogens with zero attached hydrogens (tertiary/aromatic N) is 5. The molecule has 5 rings (SSSR count). The molecule has 1 atom stereocenters. The van der Waals surface area contributed by atoms with Crippen molar-refractivity contribution in [2.24, 2.45) is 0 Å². The first-order valence-corrected chi connectivity index (χ1v) is 12.4. The Morgan fingerprint density at radius 2 is 1.97 bits per heavy atom. The monoisotopic (exact) mass is 518 g/mol. The lowest BCUT2D eigenvalue weighted by Crippen LogP contribution is -2.40. The molecule has 1 aliphatic heterocycles. The third-order valence-corrected chi connectivity index (χ3v) is 6.18. The average Bonchev–Trinajstić information content (AvgIpc) is 3.52. The average molecular weight is 519 g/mol. The van der Waals surface area contributed by atoms with E-state index < -0.39 is 5.60 Å². The second kappa shape index (κ2) is 10.2. The molecule has 1 aliphatic rings. The molecule has 4 heterocycles. The number of fused-ring (bicyclic) bond motifs is 2. The topological polar surface area (TPSA) is 120 Å². The van der Waals surface area contributed by atoms with E-state index in [9.17, 15) is 9.59 Å². The van der Waals surface area contributed by atoms with Crippen LogP contribution in [0.4, 0.5) is 4.79 Å². The molecule has 0 spiro atoms. The molecule has 1 fully saturated rings. The van der Waals surface area contributed by atoms with E-state index in [0.717, 1.165) is 10.9 Å². The van der Waals surface area contributed by atoms with E-state index in [-0.39, 0.29) is 24.6 Å². The molecule has 0 saturated carbocycles. The van der Waals surface area contributed by atoms with Gasteiger partial charge in [0.15, 0.2) is 11.5 Å². The zero-order chi connectivity index (χ0) is 26.9. The summed E-state index contributed by atoms with van der Waals surface area (Å²) in [4.78, 5) is 31.3. The number of nitrogens with one attached hydrogen (secondary N) is 1. The maximum Gasteiger partial charge on any atom is 0.410 e. The van der Waals surface area contributed by atoms with Crippen LogP contribution in [-0.2, 0) is 11.3 Å². The number of benzene rings is 1. The van der Waals surface area contributed by atoms with Crippen LogP contribution >= 0.6 is 0 Å². The molecule has 1 N–H and O–H groups in total. The van der Waals surface area contributed by atoms with Crippen molar-refractivity contribution in [3.05, 3.63) is 60.2 Å². The molecular weight excluding hydrogens is 488 g/mol. The largest absolute Gasteiger partial charge is 0.497 e. The van der Waals surface area contributed by atoms with Gasteiger partial charge in [-0.1, -0.05) is 0 Å². The van der Waals surface area contributed by atoms with Crippen molar-refractivity contribution in [3.63, 3.8) is 0 Å². The predicted molar refractivity (Wildman–Crippen MR) is 139 cm³/mol. The van der Waals surface area contributed by atoms with Gasteiger partial charge in [0.25, 0.3) is 5.91 Å². The van der Waals surface area contributed by atoms with Gasteiger partial charge in [-0.25, -0.2) is 4.79 Å². The van der Waals surface area contributed by atoms with Crippen LogP contribution in [0, 0.1) is 0 Å². The van der Waals surface area contributed by atoms with E-state index in [4.69, 9.17) is 14.2 Å². The summed E-state index contributed by atoms with van der Waals surface area (Å²) in [7, 11) is 1.61. The van der Waals surface area contributed by atoms with E-state index in [2.05, 4.69) is 20.5 Å². The highest BCUT2D eigenvalue weighted by molar-refractivity contribution is 5.94. The standard InChI is InChI=1S/C27H30N6O5/c1-27(2,3)38-26(35)32-12-10-18(15-32)29-25(34)17-5-8-23-30-31-24(33(23)14-17)16-37-22-9-11-28-21-13-19(36-4)6-7-20(21)22/h5-9,11,13-14,18H,10,12,15-16H2,1-4H3,(H,29,34). The molecule has 4 aromatic rings. The number of hydrogen-bond donors (Lipinski definition) is 1. The lowest BCUT2D eigenvalue weighted by atomic mass is 10.2. The number of pyridine rings is 2. The number of amides is 2. The zero-order valence-corrected chi connectivity index (χ0v) is 21.8. The normalized spacial score (nSPS) is 15.6. The van der Waals surface area contributed by atoms with Gasteiger partial charge in [0, 0.05) is 43.0 Å². The molecule has 1 aromatic carbocycles. The van der Waals surface area contributed by atoms with E-state index in [0.29, 0.717) is 48.0 Å². The van der Waals surface area contributed by atoms with Crippen LogP contribution in [0.1, 0.15) is 43.4 Å². The smallest absolute Gasteiger partial charge is 0.410 e. The van der Waals surface area contributed by atoms with E-state index in [1.54, 1.807) is 47.0 Å². The van der Waals surface area contributed by atoms with Crippen LogP contribution in [0.15, 0.2) is 48.8 Å². The van der Waals surface area contributed by atoms with Crippen molar-refractivity contribution >= 4 is 28.6 Å². The summed E-state index contributed by atoms with van der Waals surface area (Å²) in [6, 6.07) is 10.7. The molecule has 0 radical (unpaired) electrons. The second-order valence-corrected chi connectivity index (χ2v) is 10.1. The van der Waals surface area contributed by atoms with Gasteiger partial charge in [0.1, 0.15) is 23.7 Å². The summed E-state index contributed by atoms with van der Waals surface area (Å²) >= 11 is 0. The molecule has 1 saturated heterocycles. The van der Waals surface area contributed by atoms with Gasteiger partial charge in [0.2, 0.25) is 0 Å². The SMILES string of the molecule is COc1ccc2c(OCc3nnc4ccc(C(=O)NC5CCN(C(=O)OC(C)(C)C)C5)cn34)ccnc2c1. The minimum atomic E-state index is -0.563. The molecule has 38 heavy (non-hydrogen) atoms. The quantitative estimate of drug-likeness (QED) is 0.411. The fourth-order valence-electron chi connectivity index (χ4n) is 4.31. The third kappa shape index (κ3) is 5.46. The first kappa shape index (κ1) is 25.2. The molecular formula is C27H30N6O5. The van der Waals surface area contributed by atoms with E-state index in [1.807, 2.05) is 39.0 Å². The fraction of sp³-hybridized carbons (Fsp3) is 0.370. The summed E-state index contributed by atoms with van der Waals surface area (Å²) in [5.74, 6) is 1.67. The zero-order valence-electron chi connectivity index (χ0n) is 21.8. The molecule has 198 valence electrons. The second-order valence-electron chi connectivity index (χ2n) is 10.1. The Morgan fingerprint density at radius 1 is 1.13 bits per heavy atom. The molecule has 0 aliphatic carbocycles. The van der Waals surface area contributed by atoms with Crippen LogP contribution in [-0.4, -0.2) is 68.3 Å². The number of methoxy groups -OCH3 is 1. The van der Waals surface area contributed by atoms with Crippen molar-refractivity contribution < 1.29 is 23.8 Å². The Hall–Kier alpha value is -4.41. The Morgan fingerprint density at radius 3 is 2.76 bits per heavy atom. The summed E-state index contributed by atoms with van der Waals surface area (Å²) in [6.07, 6.45) is 3.66. The highest BCUT2D eigenvalue weighted by Crippen LogP contribution is 2.27. The van der Waals surface area contributed by atoms with Crippen LogP contribution in [0.3, 0.4) is 0 Å². The van der Waals surface area contributed by atoms with Gasteiger partial charge in [-0.15, -0.1) is 10.2 Å². The van der Waals surface area contributed by atoms with Gasteiger partial charge in [-0.3, -0.25) is 14.2 Å². The van der Waals surface area contributed by atoms with Crippen LogP contribution in [0.25, 0.3) is 16.6 Å². The maximum atomic E-state index is 13.0. The molecule has 3 aromatic heterocycles. The van der Waals surface area contributed by atoms with Gasteiger partial charge < -0.3 is 24.4 Å². The van der Waals surface area contributed by atoms with Crippen molar-refractivity contribution in [1.29, 1.82) is 0 Å². The molecule has 1 unspecified atom stereocenters. The first-order chi connectivity index (χ1) is 18.2. The number of rotatable bonds is 6.